The molecule has 2 heterocycles. The van der Waals surface area contributed by atoms with Crippen molar-refractivity contribution in [2.75, 3.05) is 26.2 Å². The third-order valence-electron chi connectivity index (χ3n) is 19.6. The lowest BCUT2D eigenvalue weighted by atomic mass is 9.83. The van der Waals surface area contributed by atoms with Crippen molar-refractivity contribution in [1.82, 2.24) is 5.32 Å². The molecule has 93 heavy (non-hydrogen) atoms. The van der Waals surface area contributed by atoms with Gasteiger partial charge in [-0.05, 0) is 219 Å². The Labute approximate surface area is 563 Å². The summed E-state index contributed by atoms with van der Waals surface area (Å²) in [5, 5.41) is 18.6. The number of benzene rings is 2. The minimum absolute atomic E-state index is 0.0298. The van der Waals surface area contributed by atoms with Crippen molar-refractivity contribution in [2.24, 2.45) is 51.5 Å². The molecule has 4 rings (SSSR count). The van der Waals surface area contributed by atoms with Crippen LogP contribution in [0.5, 0.6) is 23.0 Å². The minimum Gasteiger partial charge on any atom is -0.487 e. The molecular formula is C76H130N8O9. The van der Waals surface area contributed by atoms with E-state index in [9.17, 15) is 19.2 Å². The zero-order chi connectivity index (χ0) is 69.5. The van der Waals surface area contributed by atoms with Crippen molar-refractivity contribution < 1.29 is 43.2 Å². The van der Waals surface area contributed by atoms with Crippen molar-refractivity contribution in [3.63, 3.8) is 0 Å². The minimum atomic E-state index is -0.999. The SMILES string of the molecule is Cc1c(C)c2c(c(C)c1OC(=O)CCC(=O)NCCCCCN=[N+]=[N-])CC[C@@](C)(CCC[C@H](C)CCC[C@H](C)CCCC(C)C)O2.Cc1c(C)c2c(c(C)c1OC(=O)CCC(=O)O)CC[C@@](C)(CCC[C@H](C)CCC[C@H](C)CCCC(C)C)O2.[N-]=[N+]=NCCCCCN. The predicted molar refractivity (Wildman–Crippen MR) is 381 cm³/mol. The molecule has 0 unspecified atom stereocenters. The van der Waals surface area contributed by atoms with Gasteiger partial charge in [0.1, 0.15) is 34.2 Å². The van der Waals surface area contributed by atoms with Crippen LogP contribution >= 0.6 is 0 Å². The van der Waals surface area contributed by atoms with E-state index in [0.717, 1.165) is 175 Å². The van der Waals surface area contributed by atoms with Gasteiger partial charge in [0.05, 0.1) is 19.3 Å². The van der Waals surface area contributed by atoms with E-state index in [0.29, 0.717) is 31.1 Å². The van der Waals surface area contributed by atoms with Gasteiger partial charge in [0, 0.05) is 47.0 Å². The summed E-state index contributed by atoms with van der Waals surface area (Å²) in [5.41, 5.74) is 29.0. The first-order chi connectivity index (χ1) is 44.1. The molecule has 2 aliphatic rings. The zero-order valence-electron chi connectivity index (χ0n) is 61.4. The van der Waals surface area contributed by atoms with Crippen LogP contribution in [0.25, 0.3) is 20.9 Å². The second kappa shape index (κ2) is 45.8. The predicted octanol–water partition coefficient (Wildman–Crippen LogP) is 20.7. The summed E-state index contributed by atoms with van der Waals surface area (Å²) in [5.74, 6) is 5.84. The number of carbonyl (C=O) groups is 4. The highest BCUT2D eigenvalue weighted by atomic mass is 16.5. The Morgan fingerprint density at radius 3 is 1.24 bits per heavy atom. The molecule has 0 spiro atoms. The van der Waals surface area contributed by atoms with Gasteiger partial charge in [-0.3, -0.25) is 19.2 Å². The summed E-state index contributed by atoms with van der Waals surface area (Å²) in [6, 6.07) is 0. The Bertz CT molecular complexity index is 2660. The van der Waals surface area contributed by atoms with Gasteiger partial charge in [0.2, 0.25) is 5.91 Å². The molecule has 2 aliphatic heterocycles. The Morgan fingerprint density at radius 1 is 0.505 bits per heavy atom. The first-order valence-corrected chi connectivity index (χ1v) is 36.4. The van der Waals surface area contributed by atoms with Gasteiger partial charge in [0.15, 0.2) is 0 Å². The largest absolute Gasteiger partial charge is 0.487 e. The number of nitrogens with zero attached hydrogens (tertiary/aromatic N) is 6. The van der Waals surface area contributed by atoms with Crippen LogP contribution in [0.4, 0.5) is 0 Å². The highest BCUT2D eigenvalue weighted by molar-refractivity contribution is 5.82. The van der Waals surface area contributed by atoms with E-state index in [2.05, 4.69) is 102 Å². The Kier molecular flexibility index (Phi) is 41.2. The number of fused-ring (bicyclic) bond motifs is 2. The average molecular weight is 1300 g/mol. The third-order valence-corrected chi connectivity index (χ3v) is 19.6. The van der Waals surface area contributed by atoms with Gasteiger partial charge in [-0.1, -0.05) is 168 Å². The smallest absolute Gasteiger partial charge is 0.311 e. The number of ether oxygens (including phenoxy) is 4. The summed E-state index contributed by atoms with van der Waals surface area (Å²) < 4.78 is 24.9. The van der Waals surface area contributed by atoms with E-state index in [1.807, 2.05) is 34.6 Å². The first kappa shape index (κ1) is 83.6. The van der Waals surface area contributed by atoms with E-state index < -0.39 is 17.9 Å². The van der Waals surface area contributed by atoms with Crippen LogP contribution in [0.3, 0.4) is 0 Å². The molecule has 2 aromatic carbocycles. The van der Waals surface area contributed by atoms with Crippen molar-refractivity contribution in [1.29, 1.82) is 0 Å². The molecule has 6 atom stereocenters. The van der Waals surface area contributed by atoms with Crippen LogP contribution < -0.4 is 30.0 Å². The summed E-state index contributed by atoms with van der Waals surface area (Å²) in [6.07, 6.45) is 32.1. The molecule has 0 bridgehead atoms. The molecule has 0 radical (unpaired) electrons. The Balaban J connectivity index is 0.000000565. The summed E-state index contributed by atoms with van der Waals surface area (Å²) in [6.45, 7) is 37.8. The lowest BCUT2D eigenvalue weighted by Crippen LogP contribution is -2.37. The van der Waals surface area contributed by atoms with Gasteiger partial charge >= 0.3 is 17.9 Å². The second-order valence-corrected chi connectivity index (χ2v) is 29.4. The average Bonchev–Trinajstić information content (AvgIpc) is 0.771. The summed E-state index contributed by atoms with van der Waals surface area (Å²) >= 11 is 0. The van der Waals surface area contributed by atoms with Gasteiger partial charge in [0.25, 0.3) is 0 Å². The number of amides is 1. The number of aliphatic carboxylic acids is 1. The fraction of sp³-hybridized carbons (Fsp3) is 0.789. The summed E-state index contributed by atoms with van der Waals surface area (Å²) in [4.78, 5) is 53.3. The highest BCUT2D eigenvalue weighted by Crippen LogP contribution is 2.47. The van der Waals surface area contributed by atoms with E-state index in [-0.39, 0.29) is 42.8 Å². The van der Waals surface area contributed by atoms with Gasteiger partial charge < -0.3 is 35.1 Å². The van der Waals surface area contributed by atoms with Gasteiger partial charge in [-0.15, -0.1) is 0 Å². The van der Waals surface area contributed by atoms with Crippen molar-refractivity contribution in [3.8, 4) is 23.0 Å². The number of hydrogen-bond donors (Lipinski definition) is 3. The number of hydrogen-bond acceptors (Lipinski definition) is 11. The molecule has 4 N–H and O–H groups in total. The number of carboxylic acid groups (broad SMARTS) is 1. The molecule has 1 amide bonds. The normalized spacial score (nSPS) is 16.8. The van der Waals surface area contributed by atoms with Crippen molar-refractivity contribution in [2.45, 2.75) is 327 Å². The van der Waals surface area contributed by atoms with Crippen LogP contribution in [0, 0.1) is 77.0 Å². The second-order valence-electron chi connectivity index (χ2n) is 29.4. The number of carboxylic acids is 1. The lowest BCUT2D eigenvalue weighted by Gasteiger charge is -2.38. The fourth-order valence-corrected chi connectivity index (χ4v) is 13.0. The number of carbonyl (C=O) groups excluding carboxylic acids is 3. The van der Waals surface area contributed by atoms with Gasteiger partial charge in [-0.2, -0.15) is 0 Å². The van der Waals surface area contributed by atoms with Crippen molar-refractivity contribution >= 4 is 23.8 Å². The molecule has 0 saturated carbocycles. The van der Waals surface area contributed by atoms with Gasteiger partial charge in [-0.25, -0.2) is 0 Å². The van der Waals surface area contributed by atoms with Crippen LogP contribution in [0.2, 0.25) is 0 Å². The fourth-order valence-electron chi connectivity index (χ4n) is 13.0. The molecule has 17 nitrogen and oxygen atoms in total. The maximum Gasteiger partial charge on any atom is 0.311 e. The first-order valence-electron chi connectivity index (χ1n) is 36.4. The molecule has 0 aliphatic carbocycles. The molecule has 0 aromatic heterocycles. The molecule has 17 heteroatoms. The van der Waals surface area contributed by atoms with E-state index in [1.54, 1.807) is 0 Å². The molecule has 0 fully saturated rings. The molecule has 0 saturated heterocycles. The Hall–Kier alpha value is -5.50. The summed E-state index contributed by atoms with van der Waals surface area (Å²) in [7, 11) is 0. The number of rotatable bonds is 43. The number of nitrogens with one attached hydrogen (secondary N) is 1. The number of azide groups is 2. The van der Waals surface area contributed by atoms with Crippen LogP contribution in [0.1, 0.15) is 306 Å². The molecule has 528 valence electrons. The van der Waals surface area contributed by atoms with E-state index in [4.69, 9.17) is 40.8 Å². The standard InChI is InChI=1S/C38H64N4O4.C33H54O5.C5H12N4/c1-27(2)15-12-16-28(3)17-13-18-29(4)19-14-23-38(8)24-22-33-32(7)36(30(5)31(6)37(33)46-38)45-35(44)21-20-34(43)40-25-10-9-11-26-41-42-39;1-22(2)12-9-13-23(3)14-10-15-24(4)16-11-20-33(8)21-19-28-27(7)31(25(5)26(6)32(28)38-33)37-30(36)18-17-29(34)35;6-4-2-1-3-5-8-9-7/h27-29H,9-26H2,1-8H3,(H,40,43);22-24H,9-21H2,1-8H3,(H,34,35);1-6H2/t28-,29-,38-;23-,24-,33-;/m11./s1. The van der Waals surface area contributed by atoms with E-state index in [1.165, 1.54) is 103 Å². The number of esters is 2. The van der Waals surface area contributed by atoms with Crippen molar-refractivity contribution in [3.05, 3.63) is 65.4 Å². The number of nitrogens with two attached hydrogens (primary N) is 1. The topological polar surface area (TPSA) is 261 Å². The molecule has 2 aromatic rings. The van der Waals surface area contributed by atoms with Crippen LogP contribution in [-0.2, 0) is 32.0 Å². The van der Waals surface area contributed by atoms with E-state index >= 15 is 0 Å². The van der Waals surface area contributed by atoms with Crippen LogP contribution in [-0.4, -0.2) is 66.3 Å². The van der Waals surface area contributed by atoms with Crippen LogP contribution in [0.15, 0.2) is 10.2 Å². The third kappa shape index (κ3) is 33.6. The lowest BCUT2D eigenvalue weighted by molar-refractivity contribution is -0.142. The quantitative estimate of drug-likeness (QED) is 0.0141. The highest BCUT2D eigenvalue weighted by Gasteiger charge is 2.37. The zero-order valence-corrected chi connectivity index (χ0v) is 61.4. The Morgan fingerprint density at radius 2 is 0.871 bits per heavy atom. The number of unbranched alkanes of at least 4 members (excludes halogenated alkanes) is 4. The maximum absolute atomic E-state index is 12.7. The monoisotopic (exact) mass is 1300 g/mol. The maximum atomic E-state index is 12.7. The molecular weight excluding hydrogens is 1170 g/mol.